The SMILES string of the molecule is Cn1cnnc1SCC(=O)Nc1cccc(C(=O)Nc2ccc(Br)cc2)c1. The van der Waals surface area contributed by atoms with E-state index in [1.54, 1.807) is 47.3 Å². The monoisotopic (exact) mass is 445 g/mol. The maximum atomic E-state index is 12.4. The fraction of sp³-hybridized carbons (Fsp3) is 0.111. The number of benzene rings is 2. The van der Waals surface area contributed by atoms with Crippen molar-refractivity contribution in [3.05, 3.63) is 64.9 Å². The lowest BCUT2D eigenvalue weighted by atomic mass is 10.2. The van der Waals surface area contributed by atoms with Crippen LogP contribution in [-0.2, 0) is 11.8 Å². The van der Waals surface area contributed by atoms with Crippen LogP contribution in [0, 0.1) is 0 Å². The Balaban J connectivity index is 1.59. The van der Waals surface area contributed by atoms with Gasteiger partial charge in [0.25, 0.3) is 5.91 Å². The molecular formula is C18H16BrN5O2S. The van der Waals surface area contributed by atoms with Gasteiger partial charge in [-0.1, -0.05) is 33.8 Å². The van der Waals surface area contributed by atoms with E-state index in [9.17, 15) is 9.59 Å². The number of amides is 2. The number of carbonyl (C=O) groups is 2. The van der Waals surface area contributed by atoms with E-state index in [1.165, 1.54) is 11.8 Å². The van der Waals surface area contributed by atoms with Crippen molar-refractivity contribution in [2.75, 3.05) is 16.4 Å². The Kier molecular flexibility index (Phi) is 6.25. The summed E-state index contributed by atoms with van der Waals surface area (Å²) in [4.78, 5) is 24.5. The van der Waals surface area contributed by atoms with Crippen molar-refractivity contribution >= 4 is 50.9 Å². The van der Waals surface area contributed by atoms with Crippen molar-refractivity contribution in [2.24, 2.45) is 7.05 Å². The minimum atomic E-state index is -0.248. The number of halogens is 1. The summed E-state index contributed by atoms with van der Waals surface area (Å²) in [6, 6.07) is 14.1. The third-order valence-corrected chi connectivity index (χ3v) is 5.08. The Bertz CT molecular complexity index is 958. The van der Waals surface area contributed by atoms with Gasteiger partial charge in [0.15, 0.2) is 5.16 Å². The first-order valence-corrected chi connectivity index (χ1v) is 9.73. The van der Waals surface area contributed by atoms with Crippen molar-refractivity contribution in [2.45, 2.75) is 5.16 Å². The van der Waals surface area contributed by atoms with E-state index in [-0.39, 0.29) is 17.6 Å². The molecule has 0 radical (unpaired) electrons. The molecule has 0 aliphatic carbocycles. The molecule has 2 N–H and O–H groups in total. The zero-order valence-electron chi connectivity index (χ0n) is 14.3. The maximum Gasteiger partial charge on any atom is 0.255 e. The summed E-state index contributed by atoms with van der Waals surface area (Å²) in [6.07, 6.45) is 1.58. The second-order valence-corrected chi connectivity index (χ2v) is 7.46. The molecule has 0 atom stereocenters. The predicted octanol–water partition coefficient (Wildman–Crippen LogP) is 3.56. The number of hydrogen-bond acceptors (Lipinski definition) is 5. The molecule has 1 heterocycles. The summed E-state index contributed by atoms with van der Waals surface area (Å²) < 4.78 is 2.68. The predicted molar refractivity (Wildman–Crippen MR) is 109 cm³/mol. The van der Waals surface area contributed by atoms with E-state index in [0.717, 1.165) is 4.47 Å². The first-order chi connectivity index (χ1) is 13.0. The second-order valence-electron chi connectivity index (χ2n) is 5.60. The fourth-order valence-corrected chi connectivity index (χ4v) is 3.16. The van der Waals surface area contributed by atoms with Crippen LogP contribution < -0.4 is 10.6 Å². The number of nitrogens with zero attached hydrogens (tertiary/aromatic N) is 3. The van der Waals surface area contributed by atoms with Crippen LogP contribution in [0.4, 0.5) is 11.4 Å². The van der Waals surface area contributed by atoms with Crippen molar-refractivity contribution in [3.8, 4) is 0 Å². The molecule has 0 aliphatic rings. The van der Waals surface area contributed by atoms with Crippen LogP contribution in [0.1, 0.15) is 10.4 Å². The summed E-state index contributed by atoms with van der Waals surface area (Å²) in [5.41, 5.74) is 1.71. The van der Waals surface area contributed by atoms with E-state index >= 15 is 0 Å². The molecule has 0 unspecified atom stereocenters. The van der Waals surface area contributed by atoms with E-state index in [4.69, 9.17) is 0 Å². The summed E-state index contributed by atoms with van der Waals surface area (Å²) >= 11 is 4.64. The average molecular weight is 446 g/mol. The summed E-state index contributed by atoms with van der Waals surface area (Å²) in [5.74, 6) is -0.239. The van der Waals surface area contributed by atoms with Crippen LogP contribution in [0.2, 0.25) is 0 Å². The molecule has 1 aromatic heterocycles. The van der Waals surface area contributed by atoms with Crippen LogP contribution >= 0.6 is 27.7 Å². The van der Waals surface area contributed by atoms with Gasteiger partial charge in [0, 0.05) is 28.5 Å². The Morgan fingerprint density at radius 1 is 1.11 bits per heavy atom. The van der Waals surface area contributed by atoms with Gasteiger partial charge in [-0.15, -0.1) is 10.2 Å². The van der Waals surface area contributed by atoms with Gasteiger partial charge in [-0.2, -0.15) is 0 Å². The summed E-state index contributed by atoms with van der Waals surface area (Å²) in [5, 5.41) is 14.0. The lowest BCUT2D eigenvalue weighted by molar-refractivity contribution is -0.113. The van der Waals surface area contributed by atoms with Gasteiger partial charge in [-0.05, 0) is 42.5 Å². The molecule has 7 nitrogen and oxygen atoms in total. The number of anilines is 2. The zero-order valence-corrected chi connectivity index (χ0v) is 16.8. The third kappa shape index (κ3) is 5.41. The number of thioether (sulfide) groups is 1. The largest absolute Gasteiger partial charge is 0.325 e. The Hall–Kier alpha value is -2.65. The standard InChI is InChI=1S/C18H16BrN5O2S/c1-24-11-20-23-18(24)27-10-16(25)21-15-4-2-3-12(9-15)17(26)22-14-7-5-13(19)6-8-14/h2-9,11H,10H2,1H3,(H,21,25)(H,22,26). The van der Waals surface area contributed by atoms with Gasteiger partial charge in [-0.25, -0.2) is 0 Å². The highest BCUT2D eigenvalue weighted by Gasteiger charge is 2.10. The highest BCUT2D eigenvalue weighted by atomic mass is 79.9. The lowest BCUT2D eigenvalue weighted by Gasteiger charge is -2.08. The Morgan fingerprint density at radius 2 is 1.89 bits per heavy atom. The van der Waals surface area contributed by atoms with Crippen LogP contribution in [0.5, 0.6) is 0 Å². The summed E-state index contributed by atoms with van der Waals surface area (Å²) in [7, 11) is 1.81. The number of rotatable bonds is 6. The first-order valence-electron chi connectivity index (χ1n) is 7.95. The number of aromatic nitrogens is 3. The van der Waals surface area contributed by atoms with Crippen molar-refractivity contribution in [1.82, 2.24) is 14.8 Å². The lowest BCUT2D eigenvalue weighted by Crippen LogP contribution is -2.16. The van der Waals surface area contributed by atoms with Crippen LogP contribution in [-0.4, -0.2) is 32.3 Å². The topological polar surface area (TPSA) is 88.9 Å². The Morgan fingerprint density at radius 3 is 2.59 bits per heavy atom. The molecule has 0 spiro atoms. The third-order valence-electron chi connectivity index (χ3n) is 3.51. The quantitative estimate of drug-likeness (QED) is 0.566. The molecule has 138 valence electrons. The van der Waals surface area contributed by atoms with E-state index < -0.39 is 0 Å². The molecule has 2 aromatic carbocycles. The van der Waals surface area contributed by atoms with Gasteiger partial charge in [0.2, 0.25) is 5.91 Å². The van der Waals surface area contributed by atoms with Gasteiger partial charge >= 0.3 is 0 Å². The molecule has 3 rings (SSSR count). The van der Waals surface area contributed by atoms with Gasteiger partial charge in [0.05, 0.1) is 5.75 Å². The molecule has 0 saturated heterocycles. The summed E-state index contributed by atoms with van der Waals surface area (Å²) in [6.45, 7) is 0. The molecule has 3 aromatic rings. The molecule has 27 heavy (non-hydrogen) atoms. The number of aryl methyl sites for hydroxylation is 1. The van der Waals surface area contributed by atoms with Crippen LogP contribution in [0.25, 0.3) is 0 Å². The zero-order chi connectivity index (χ0) is 19.2. The fourth-order valence-electron chi connectivity index (χ4n) is 2.21. The smallest absolute Gasteiger partial charge is 0.255 e. The van der Waals surface area contributed by atoms with E-state index in [0.29, 0.717) is 22.1 Å². The molecule has 0 saturated carbocycles. The van der Waals surface area contributed by atoms with E-state index in [1.807, 2.05) is 19.2 Å². The number of hydrogen-bond donors (Lipinski definition) is 2. The van der Waals surface area contributed by atoms with Crippen molar-refractivity contribution in [3.63, 3.8) is 0 Å². The Labute approximate surface area is 168 Å². The molecular weight excluding hydrogens is 430 g/mol. The highest BCUT2D eigenvalue weighted by Crippen LogP contribution is 2.18. The molecule has 2 amide bonds. The first kappa shape index (κ1) is 19.1. The van der Waals surface area contributed by atoms with Gasteiger partial charge in [-0.3, -0.25) is 9.59 Å². The minimum Gasteiger partial charge on any atom is -0.325 e. The molecule has 0 aliphatic heterocycles. The molecule has 9 heteroatoms. The molecule has 0 fully saturated rings. The average Bonchev–Trinajstić information content (AvgIpc) is 3.07. The minimum absolute atomic E-state index is 0.187. The highest BCUT2D eigenvalue weighted by molar-refractivity contribution is 9.10. The normalized spacial score (nSPS) is 10.4. The number of carbonyl (C=O) groups excluding carboxylic acids is 2. The van der Waals surface area contributed by atoms with Crippen molar-refractivity contribution in [1.29, 1.82) is 0 Å². The number of nitrogens with one attached hydrogen (secondary N) is 2. The maximum absolute atomic E-state index is 12.4. The van der Waals surface area contributed by atoms with Crippen molar-refractivity contribution < 1.29 is 9.59 Å². The van der Waals surface area contributed by atoms with Gasteiger partial charge < -0.3 is 15.2 Å². The van der Waals surface area contributed by atoms with E-state index in [2.05, 4.69) is 36.8 Å². The van der Waals surface area contributed by atoms with Gasteiger partial charge in [0.1, 0.15) is 6.33 Å². The second kappa shape index (κ2) is 8.83. The van der Waals surface area contributed by atoms with Crippen LogP contribution in [0.15, 0.2) is 64.5 Å². The molecule has 0 bridgehead atoms. The van der Waals surface area contributed by atoms with Crippen LogP contribution in [0.3, 0.4) is 0 Å².